The fourth-order valence-electron chi connectivity index (χ4n) is 1.85. The highest BCUT2D eigenvalue weighted by molar-refractivity contribution is 5.85. The summed E-state index contributed by atoms with van der Waals surface area (Å²) in [6.07, 6.45) is 2.53. The SMILES string of the molecule is CCC(C)C(N)C(=O)NCC(c1ccco1)N(C)C.Cl. The zero-order valence-corrected chi connectivity index (χ0v) is 13.4. The van der Waals surface area contributed by atoms with E-state index in [-0.39, 0.29) is 30.3 Å². The number of nitrogens with one attached hydrogen (secondary N) is 1. The van der Waals surface area contributed by atoms with Crippen molar-refractivity contribution in [3.8, 4) is 0 Å². The second-order valence-electron chi connectivity index (χ2n) is 5.15. The summed E-state index contributed by atoms with van der Waals surface area (Å²) in [5.74, 6) is 0.914. The largest absolute Gasteiger partial charge is 0.468 e. The topological polar surface area (TPSA) is 71.5 Å². The summed E-state index contributed by atoms with van der Waals surface area (Å²) < 4.78 is 5.39. The summed E-state index contributed by atoms with van der Waals surface area (Å²) in [7, 11) is 3.90. The van der Waals surface area contributed by atoms with Gasteiger partial charge in [-0.25, -0.2) is 0 Å². The van der Waals surface area contributed by atoms with Gasteiger partial charge in [0.2, 0.25) is 5.91 Å². The molecule has 0 spiro atoms. The molecule has 116 valence electrons. The Hall–Kier alpha value is -1.04. The Morgan fingerprint density at radius 1 is 1.50 bits per heavy atom. The van der Waals surface area contributed by atoms with E-state index in [1.165, 1.54) is 0 Å². The normalized spacial score (nSPS) is 15.3. The Morgan fingerprint density at radius 2 is 2.15 bits per heavy atom. The van der Waals surface area contributed by atoms with Crippen LogP contribution in [0.3, 0.4) is 0 Å². The first kappa shape index (κ1) is 19.0. The lowest BCUT2D eigenvalue weighted by molar-refractivity contribution is -0.123. The molecule has 0 fully saturated rings. The molecule has 1 aromatic rings. The number of nitrogens with zero attached hydrogens (tertiary/aromatic N) is 1. The van der Waals surface area contributed by atoms with Crippen molar-refractivity contribution in [2.24, 2.45) is 11.7 Å². The van der Waals surface area contributed by atoms with E-state index in [2.05, 4.69) is 5.32 Å². The molecule has 0 saturated carbocycles. The zero-order chi connectivity index (χ0) is 14.4. The highest BCUT2D eigenvalue weighted by atomic mass is 35.5. The van der Waals surface area contributed by atoms with Crippen molar-refractivity contribution in [2.75, 3.05) is 20.6 Å². The predicted octanol–water partition coefficient (Wildman–Crippen LogP) is 1.79. The number of nitrogens with two attached hydrogens (primary N) is 1. The third kappa shape index (κ3) is 5.15. The molecular weight excluding hydrogens is 278 g/mol. The van der Waals surface area contributed by atoms with Gasteiger partial charge in [0.15, 0.2) is 0 Å². The van der Waals surface area contributed by atoms with Gasteiger partial charge >= 0.3 is 0 Å². The molecule has 5 nitrogen and oxygen atoms in total. The summed E-state index contributed by atoms with van der Waals surface area (Å²) in [6, 6.07) is 3.32. The summed E-state index contributed by atoms with van der Waals surface area (Å²) in [5.41, 5.74) is 5.90. The van der Waals surface area contributed by atoms with E-state index in [1.54, 1.807) is 6.26 Å². The summed E-state index contributed by atoms with van der Waals surface area (Å²) >= 11 is 0. The lowest BCUT2D eigenvalue weighted by Crippen LogP contribution is -2.46. The van der Waals surface area contributed by atoms with Crippen LogP contribution < -0.4 is 11.1 Å². The molecule has 3 unspecified atom stereocenters. The van der Waals surface area contributed by atoms with Gasteiger partial charge in [0.25, 0.3) is 0 Å². The average molecular weight is 304 g/mol. The van der Waals surface area contributed by atoms with E-state index in [1.807, 2.05) is 45.0 Å². The zero-order valence-electron chi connectivity index (χ0n) is 12.6. The summed E-state index contributed by atoms with van der Waals surface area (Å²) in [5, 5.41) is 2.90. The maximum absolute atomic E-state index is 12.0. The van der Waals surface area contributed by atoms with Crippen molar-refractivity contribution < 1.29 is 9.21 Å². The van der Waals surface area contributed by atoms with Crippen molar-refractivity contribution in [2.45, 2.75) is 32.4 Å². The molecule has 1 rings (SSSR count). The van der Waals surface area contributed by atoms with Gasteiger partial charge in [-0.1, -0.05) is 20.3 Å². The average Bonchev–Trinajstić information content (AvgIpc) is 2.90. The fraction of sp³-hybridized carbons (Fsp3) is 0.643. The minimum absolute atomic E-state index is 0. The molecular formula is C14H26ClN3O2. The van der Waals surface area contributed by atoms with Gasteiger partial charge in [-0.15, -0.1) is 12.4 Å². The van der Waals surface area contributed by atoms with Gasteiger partial charge in [0, 0.05) is 6.54 Å². The highest BCUT2D eigenvalue weighted by Gasteiger charge is 2.22. The van der Waals surface area contributed by atoms with E-state index in [4.69, 9.17) is 10.2 Å². The molecule has 3 N–H and O–H groups in total. The molecule has 0 aliphatic carbocycles. The Bertz CT molecular complexity index is 382. The highest BCUT2D eigenvalue weighted by Crippen LogP contribution is 2.17. The second kappa shape index (κ2) is 9.00. The van der Waals surface area contributed by atoms with Crippen LogP contribution in [-0.4, -0.2) is 37.5 Å². The van der Waals surface area contributed by atoms with Gasteiger partial charge in [0.1, 0.15) is 5.76 Å². The minimum atomic E-state index is -0.454. The Morgan fingerprint density at radius 3 is 2.60 bits per heavy atom. The maximum Gasteiger partial charge on any atom is 0.237 e. The molecule has 0 aliphatic heterocycles. The van der Waals surface area contributed by atoms with E-state index in [9.17, 15) is 4.79 Å². The molecule has 0 saturated heterocycles. The fourth-order valence-corrected chi connectivity index (χ4v) is 1.85. The maximum atomic E-state index is 12.0. The number of carbonyl (C=O) groups is 1. The number of hydrogen-bond acceptors (Lipinski definition) is 4. The Labute approximate surface area is 127 Å². The van der Waals surface area contributed by atoms with Crippen LogP contribution in [-0.2, 0) is 4.79 Å². The van der Waals surface area contributed by atoms with E-state index in [0.29, 0.717) is 6.54 Å². The Kier molecular flexibility index (Phi) is 8.53. The van der Waals surface area contributed by atoms with Crippen molar-refractivity contribution >= 4 is 18.3 Å². The molecule has 3 atom stereocenters. The molecule has 0 aromatic carbocycles. The van der Waals surface area contributed by atoms with Gasteiger partial charge in [-0.3, -0.25) is 9.69 Å². The van der Waals surface area contributed by atoms with Gasteiger partial charge in [-0.2, -0.15) is 0 Å². The van der Waals surface area contributed by atoms with E-state index in [0.717, 1.165) is 12.2 Å². The van der Waals surface area contributed by atoms with E-state index < -0.39 is 6.04 Å². The van der Waals surface area contributed by atoms with Gasteiger partial charge < -0.3 is 15.5 Å². The van der Waals surface area contributed by atoms with Crippen LogP contribution in [0.15, 0.2) is 22.8 Å². The molecule has 0 radical (unpaired) electrons. The lowest BCUT2D eigenvalue weighted by Gasteiger charge is -2.24. The Balaban J connectivity index is 0.00000361. The smallest absolute Gasteiger partial charge is 0.237 e. The van der Waals surface area contributed by atoms with Crippen LogP contribution >= 0.6 is 12.4 Å². The molecule has 0 aliphatic rings. The number of carbonyl (C=O) groups excluding carboxylic acids is 1. The first-order valence-electron chi connectivity index (χ1n) is 6.70. The molecule has 6 heteroatoms. The third-order valence-corrected chi connectivity index (χ3v) is 3.52. The third-order valence-electron chi connectivity index (χ3n) is 3.52. The number of furan rings is 1. The number of hydrogen-bond donors (Lipinski definition) is 2. The van der Waals surface area contributed by atoms with Crippen LogP contribution in [0.25, 0.3) is 0 Å². The van der Waals surface area contributed by atoms with Crippen LogP contribution in [0.5, 0.6) is 0 Å². The van der Waals surface area contributed by atoms with Crippen molar-refractivity contribution in [3.05, 3.63) is 24.2 Å². The predicted molar refractivity (Wildman–Crippen MR) is 82.8 cm³/mol. The molecule has 20 heavy (non-hydrogen) atoms. The summed E-state index contributed by atoms with van der Waals surface area (Å²) in [4.78, 5) is 14.0. The van der Waals surface area contributed by atoms with Crippen LogP contribution in [0.1, 0.15) is 32.1 Å². The first-order chi connectivity index (χ1) is 8.97. The van der Waals surface area contributed by atoms with Crippen LogP contribution in [0.2, 0.25) is 0 Å². The quantitative estimate of drug-likeness (QED) is 0.805. The van der Waals surface area contributed by atoms with Gasteiger partial charge in [-0.05, 0) is 32.1 Å². The van der Waals surface area contributed by atoms with Crippen molar-refractivity contribution in [1.29, 1.82) is 0 Å². The number of amides is 1. The first-order valence-corrected chi connectivity index (χ1v) is 6.70. The van der Waals surface area contributed by atoms with Crippen LogP contribution in [0, 0.1) is 5.92 Å². The summed E-state index contributed by atoms with van der Waals surface area (Å²) in [6.45, 7) is 4.51. The van der Waals surface area contributed by atoms with E-state index >= 15 is 0 Å². The minimum Gasteiger partial charge on any atom is -0.468 e. The molecule has 0 bridgehead atoms. The van der Waals surface area contributed by atoms with Crippen LogP contribution in [0.4, 0.5) is 0 Å². The molecule has 1 aromatic heterocycles. The van der Waals surface area contributed by atoms with Gasteiger partial charge in [0.05, 0.1) is 18.3 Å². The number of halogens is 1. The molecule has 1 amide bonds. The monoisotopic (exact) mass is 303 g/mol. The standard InChI is InChI=1S/C14H25N3O2.ClH/c1-5-10(2)13(15)14(18)16-9-11(17(3)4)12-7-6-8-19-12;/h6-8,10-11,13H,5,9,15H2,1-4H3,(H,16,18);1H. The number of rotatable bonds is 7. The lowest BCUT2D eigenvalue weighted by atomic mass is 9.99. The molecule has 1 heterocycles. The second-order valence-corrected chi connectivity index (χ2v) is 5.15. The number of likely N-dealkylation sites (N-methyl/N-ethyl adjacent to an activating group) is 1. The van der Waals surface area contributed by atoms with Crippen molar-refractivity contribution in [3.63, 3.8) is 0 Å². The van der Waals surface area contributed by atoms with Crippen molar-refractivity contribution in [1.82, 2.24) is 10.2 Å².